The average Bonchev–Trinajstić information content (AvgIpc) is 2.53. The molecule has 0 N–H and O–H groups in total. The average molecular weight is 299 g/mol. The second-order valence-corrected chi connectivity index (χ2v) is 5.01. The molecule has 21 heavy (non-hydrogen) atoms. The first-order valence-corrected chi connectivity index (χ1v) is 7.06. The summed E-state index contributed by atoms with van der Waals surface area (Å²) in [5.41, 5.74) is 2.03. The Morgan fingerprint density at radius 2 is 1.86 bits per heavy atom. The third kappa shape index (κ3) is 3.62. The van der Waals surface area contributed by atoms with Crippen molar-refractivity contribution in [3.63, 3.8) is 0 Å². The molecule has 0 unspecified atom stereocenters. The van der Waals surface area contributed by atoms with Crippen LogP contribution in [0.4, 0.5) is 0 Å². The van der Waals surface area contributed by atoms with E-state index in [1.807, 2.05) is 37.3 Å². The summed E-state index contributed by atoms with van der Waals surface area (Å²) in [6.07, 6.45) is 0. The first-order chi connectivity index (χ1) is 10.2. The normalized spacial score (nSPS) is 9.95. The summed E-state index contributed by atoms with van der Waals surface area (Å²) in [5.74, 6) is -0.0677. The van der Waals surface area contributed by atoms with E-state index in [9.17, 15) is 4.79 Å². The van der Waals surface area contributed by atoms with E-state index in [0.717, 1.165) is 5.56 Å². The van der Waals surface area contributed by atoms with Gasteiger partial charge in [0, 0.05) is 23.7 Å². The van der Waals surface area contributed by atoms with Gasteiger partial charge in [0.25, 0.3) is 5.91 Å². The van der Waals surface area contributed by atoms with Crippen molar-refractivity contribution in [1.29, 1.82) is 5.26 Å². The lowest BCUT2D eigenvalue weighted by Crippen LogP contribution is -2.30. The molecule has 2 rings (SSSR count). The number of rotatable bonds is 4. The predicted molar refractivity (Wildman–Crippen MR) is 83.0 cm³/mol. The molecule has 0 saturated heterocycles. The van der Waals surface area contributed by atoms with Crippen LogP contribution in [0.2, 0.25) is 5.02 Å². The van der Waals surface area contributed by atoms with Crippen LogP contribution in [-0.2, 0) is 6.54 Å². The van der Waals surface area contributed by atoms with Crippen molar-refractivity contribution in [3.8, 4) is 6.07 Å². The quantitative estimate of drug-likeness (QED) is 0.860. The molecule has 0 bridgehead atoms. The molecule has 2 aromatic carbocycles. The van der Waals surface area contributed by atoms with Crippen LogP contribution in [0, 0.1) is 11.3 Å². The van der Waals surface area contributed by atoms with Crippen LogP contribution < -0.4 is 0 Å². The Morgan fingerprint density at radius 3 is 2.43 bits per heavy atom. The van der Waals surface area contributed by atoms with E-state index in [1.165, 1.54) is 0 Å². The van der Waals surface area contributed by atoms with Gasteiger partial charge in [-0.1, -0.05) is 29.8 Å². The summed E-state index contributed by atoms with van der Waals surface area (Å²) in [4.78, 5) is 14.2. The molecule has 0 aliphatic rings. The van der Waals surface area contributed by atoms with Gasteiger partial charge in [-0.2, -0.15) is 5.26 Å². The van der Waals surface area contributed by atoms with Crippen molar-refractivity contribution in [1.82, 2.24) is 4.90 Å². The monoisotopic (exact) mass is 298 g/mol. The lowest BCUT2D eigenvalue weighted by Gasteiger charge is -2.21. The number of nitrogens with zero attached hydrogens (tertiary/aromatic N) is 2. The molecule has 0 heterocycles. The van der Waals surface area contributed by atoms with E-state index in [1.54, 1.807) is 29.2 Å². The number of benzene rings is 2. The standard InChI is InChI=1S/C17H15ClN2O/c1-2-20(12-15-5-3-4-6-16(15)18)17(21)14-9-7-13(11-19)8-10-14/h3-10H,2,12H2,1H3. The number of carbonyl (C=O) groups is 1. The lowest BCUT2D eigenvalue weighted by atomic mass is 10.1. The Bertz CT molecular complexity index is 674. The van der Waals surface area contributed by atoms with Crippen LogP contribution in [0.3, 0.4) is 0 Å². The van der Waals surface area contributed by atoms with E-state index < -0.39 is 0 Å². The molecule has 4 heteroatoms. The first kappa shape index (κ1) is 15.1. The van der Waals surface area contributed by atoms with Gasteiger partial charge in [0.15, 0.2) is 0 Å². The topological polar surface area (TPSA) is 44.1 Å². The van der Waals surface area contributed by atoms with Gasteiger partial charge in [-0.3, -0.25) is 4.79 Å². The number of hydrogen-bond acceptors (Lipinski definition) is 2. The third-order valence-electron chi connectivity index (χ3n) is 3.25. The maximum atomic E-state index is 12.5. The molecule has 2 aromatic rings. The second-order valence-electron chi connectivity index (χ2n) is 4.60. The minimum atomic E-state index is -0.0677. The zero-order valence-corrected chi connectivity index (χ0v) is 12.5. The molecule has 0 saturated carbocycles. The molecular formula is C17H15ClN2O. The number of carbonyl (C=O) groups excluding carboxylic acids is 1. The SMILES string of the molecule is CCN(Cc1ccccc1Cl)C(=O)c1ccc(C#N)cc1. The maximum absolute atomic E-state index is 12.5. The molecule has 0 fully saturated rings. The largest absolute Gasteiger partial charge is 0.335 e. The maximum Gasteiger partial charge on any atom is 0.254 e. The molecule has 3 nitrogen and oxygen atoms in total. The molecule has 0 aliphatic carbocycles. The lowest BCUT2D eigenvalue weighted by molar-refractivity contribution is 0.0752. The molecule has 0 spiro atoms. The highest BCUT2D eigenvalue weighted by Crippen LogP contribution is 2.18. The number of halogens is 1. The van der Waals surface area contributed by atoms with Crippen molar-refractivity contribution in [3.05, 3.63) is 70.2 Å². The van der Waals surface area contributed by atoms with Gasteiger partial charge in [0.2, 0.25) is 0 Å². The molecule has 106 valence electrons. The van der Waals surface area contributed by atoms with Crippen LogP contribution in [-0.4, -0.2) is 17.4 Å². The Hall–Kier alpha value is -2.31. The van der Waals surface area contributed by atoms with Gasteiger partial charge in [0.1, 0.15) is 0 Å². The zero-order valence-electron chi connectivity index (χ0n) is 11.7. The van der Waals surface area contributed by atoms with Crippen molar-refractivity contribution >= 4 is 17.5 Å². The molecule has 0 atom stereocenters. The Morgan fingerprint density at radius 1 is 1.19 bits per heavy atom. The van der Waals surface area contributed by atoms with Gasteiger partial charge in [0.05, 0.1) is 11.6 Å². The van der Waals surface area contributed by atoms with Crippen LogP contribution in [0.1, 0.15) is 28.4 Å². The van der Waals surface area contributed by atoms with Gasteiger partial charge in [-0.25, -0.2) is 0 Å². The van der Waals surface area contributed by atoms with Crippen LogP contribution in [0.5, 0.6) is 0 Å². The van der Waals surface area contributed by atoms with Gasteiger partial charge in [-0.05, 0) is 42.8 Å². The summed E-state index contributed by atoms with van der Waals surface area (Å²) in [5, 5.41) is 9.44. The number of hydrogen-bond donors (Lipinski definition) is 0. The van der Waals surface area contributed by atoms with Gasteiger partial charge in [-0.15, -0.1) is 0 Å². The fourth-order valence-corrected chi connectivity index (χ4v) is 2.22. The summed E-state index contributed by atoms with van der Waals surface area (Å²) in [6, 6.07) is 16.2. The van der Waals surface area contributed by atoms with Crippen molar-refractivity contribution in [2.24, 2.45) is 0 Å². The highest BCUT2D eigenvalue weighted by atomic mass is 35.5. The second kappa shape index (κ2) is 6.92. The van der Waals surface area contributed by atoms with Crippen LogP contribution in [0.25, 0.3) is 0 Å². The number of amides is 1. The Balaban J connectivity index is 2.18. The Kier molecular flexibility index (Phi) is 4.97. The first-order valence-electron chi connectivity index (χ1n) is 6.68. The van der Waals surface area contributed by atoms with Crippen LogP contribution >= 0.6 is 11.6 Å². The van der Waals surface area contributed by atoms with Crippen LogP contribution in [0.15, 0.2) is 48.5 Å². The van der Waals surface area contributed by atoms with Crippen molar-refractivity contribution < 1.29 is 4.79 Å². The predicted octanol–water partition coefficient (Wildman–Crippen LogP) is 3.87. The molecule has 1 amide bonds. The smallest absolute Gasteiger partial charge is 0.254 e. The van der Waals surface area contributed by atoms with E-state index >= 15 is 0 Å². The minimum absolute atomic E-state index is 0.0677. The van der Waals surface area contributed by atoms with Crippen molar-refractivity contribution in [2.45, 2.75) is 13.5 Å². The number of nitriles is 1. The fraction of sp³-hybridized carbons (Fsp3) is 0.176. The van der Waals surface area contributed by atoms with E-state index in [0.29, 0.717) is 29.2 Å². The highest BCUT2D eigenvalue weighted by molar-refractivity contribution is 6.31. The molecule has 0 aliphatic heterocycles. The Labute approximate surface area is 129 Å². The van der Waals surface area contributed by atoms with Crippen molar-refractivity contribution in [2.75, 3.05) is 6.54 Å². The molecule has 0 radical (unpaired) electrons. The fourth-order valence-electron chi connectivity index (χ4n) is 2.03. The summed E-state index contributed by atoms with van der Waals surface area (Å²) in [7, 11) is 0. The third-order valence-corrected chi connectivity index (χ3v) is 3.62. The molecular weight excluding hydrogens is 284 g/mol. The highest BCUT2D eigenvalue weighted by Gasteiger charge is 2.15. The minimum Gasteiger partial charge on any atom is -0.335 e. The summed E-state index contributed by atoms with van der Waals surface area (Å²) >= 11 is 6.14. The summed E-state index contributed by atoms with van der Waals surface area (Å²) < 4.78 is 0. The van der Waals surface area contributed by atoms with E-state index in [2.05, 4.69) is 0 Å². The molecule has 0 aromatic heterocycles. The van der Waals surface area contributed by atoms with E-state index in [-0.39, 0.29) is 5.91 Å². The summed E-state index contributed by atoms with van der Waals surface area (Å²) in [6.45, 7) is 2.98. The van der Waals surface area contributed by atoms with Gasteiger partial charge < -0.3 is 4.90 Å². The zero-order chi connectivity index (χ0) is 15.2. The van der Waals surface area contributed by atoms with Gasteiger partial charge >= 0.3 is 0 Å². The van der Waals surface area contributed by atoms with E-state index in [4.69, 9.17) is 16.9 Å².